The van der Waals surface area contributed by atoms with Crippen LogP contribution in [0.1, 0.15) is 65.7 Å². The highest BCUT2D eigenvalue weighted by Crippen LogP contribution is 2.65. The van der Waals surface area contributed by atoms with E-state index in [4.69, 9.17) is 18.5 Å². The zero-order chi connectivity index (χ0) is 28.8. The molecule has 0 aromatic carbocycles. The highest BCUT2D eigenvalue weighted by atomic mass is 32.1. The SMILES string of the molecule is CC1(C)[C@@H]2C[C@H]3OB([C@H](COCC(CC(=O)O)O[Si](C)(C)C(C)(C)C)NC(=O)Cc4cccs4)O[C@@]3(C)[C@H]1C2. The summed E-state index contributed by atoms with van der Waals surface area (Å²) < 4.78 is 25.6. The van der Waals surface area contributed by atoms with Gasteiger partial charge in [0.05, 0.1) is 49.8 Å². The number of hydrogen-bond acceptors (Lipinski definition) is 7. The van der Waals surface area contributed by atoms with E-state index in [1.165, 1.54) is 0 Å². The summed E-state index contributed by atoms with van der Waals surface area (Å²) in [4.78, 5) is 25.6. The van der Waals surface area contributed by atoms with Crippen LogP contribution in [0.4, 0.5) is 0 Å². The number of rotatable bonds is 12. The van der Waals surface area contributed by atoms with Gasteiger partial charge in [-0.25, -0.2) is 0 Å². The fourth-order valence-corrected chi connectivity index (χ4v) is 8.38. The minimum atomic E-state index is -2.21. The first kappa shape index (κ1) is 30.7. The number of thiophene rings is 1. The average molecular weight is 580 g/mol. The summed E-state index contributed by atoms with van der Waals surface area (Å²) in [5.41, 5.74) is -0.194. The molecular weight excluding hydrogens is 533 g/mol. The van der Waals surface area contributed by atoms with Crippen molar-refractivity contribution in [2.24, 2.45) is 17.3 Å². The number of aliphatic carboxylic acids is 1. The van der Waals surface area contributed by atoms with Crippen LogP contribution in [0.2, 0.25) is 18.1 Å². The van der Waals surface area contributed by atoms with Gasteiger partial charge in [-0.1, -0.05) is 40.7 Å². The first-order valence-corrected chi connectivity index (χ1v) is 17.9. The van der Waals surface area contributed by atoms with E-state index in [-0.39, 0.29) is 48.5 Å². The molecule has 6 atom stereocenters. The summed E-state index contributed by atoms with van der Waals surface area (Å²) in [7, 11) is -2.85. The minimum absolute atomic E-state index is 0.0161. The van der Waals surface area contributed by atoms with E-state index >= 15 is 0 Å². The monoisotopic (exact) mass is 579 g/mol. The lowest BCUT2D eigenvalue weighted by Gasteiger charge is -2.64. The number of ether oxygens (including phenoxy) is 1. The van der Waals surface area contributed by atoms with Crippen LogP contribution < -0.4 is 5.32 Å². The standard InChI is InChI=1S/C28H46BNO7SSi/c1-26(2,3)39(7,8)36-19(14-25(32)33)16-34-17-23(30-24(31)15-20-10-9-11-38-20)29-35-22-13-18-12-21(27(18,4)5)28(22,6)37-29/h9-11,18-19,21-23H,12-17H2,1-8H3,(H,30,31)(H,32,33)/t18-,19?,21-,22+,23-,28-/m0/s1. The molecule has 1 amide bonds. The molecule has 1 aromatic rings. The van der Waals surface area contributed by atoms with Gasteiger partial charge in [-0.15, -0.1) is 11.3 Å². The molecule has 4 aliphatic rings. The molecule has 1 saturated heterocycles. The second-order valence-corrected chi connectivity index (χ2v) is 19.7. The molecule has 218 valence electrons. The first-order valence-electron chi connectivity index (χ1n) is 14.2. The lowest BCUT2D eigenvalue weighted by molar-refractivity contribution is -0.199. The summed E-state index contributed by atoms with van der Waals surface area (Å²) in [6.07, 6.45) is 1.63. The molecule has 0 radical (unpaired) electrons. The Hall–Kier alpha value is -1.24. The quantitative estimate of drug-likeness (QED) is 0.339. The van der Waals surface area contributed by atoms with E-state index in [1.54, 1.807) is 11.3 Å². The van der Waals surface area contributed by atoms with Crippen LogP contribution in [0.3, 0.4) is 0 Å². The van der Waals surface area contributed by atoms with Crippen molar-refractivity contribution in [3.63, 3.8) is 0 Å². The summed E-state index contributed by atoms with van der Waals surface area (Å²) >= 11 is 1.54. The van der Waals surface area contributed by atoms with Gasteiger partial charge in [-0.05, 0) is 66.6 Å². The van der Waals surface area contributed by atoms with Crippen LogP contribution in [0.5, 0.6) is 0 Å². The van der Waals surface area contributed by atoms with Gasteiger partial charge in [0.2, 0.25) is 5.91 Å². The number of carboxylic acids is 1. The van der Waals surface area contributed by atoms with E-state index < -0.39 is 39.1 Å². The fraction of sp³-hybridized carbons (Fsp3) is 0.786. The number of carboxylic acid groups (broad SMARTS) is 1. The first-order chi connectivity index (χ1) is 18.0. The molecule has 2 heterocycles. The molecule has 8 nitrogen and oxygen atoms in total. The molecule has 2 bridgehead atoms. The molecule has 0 spiro atoms. The number of amides is 1. The van der Waals surface area contributed by atoms with E-state index in [2.05, 4.69) is 60.0 Å². The van der Waals surface area contributed by atoms with Crippen molar-refractivity contribution in [2.45, 2.75) is 109 Å². The van der Waals surface area contributed by atoms with Crippen LogP contribution in [-0.4, -0.2) is 69.4 Å². The predicted molar refractivity (Wildman–Crippen MR) is 155 cm³/mol. The molecule has 4 fully saturated rings. The Labute approximate surface area is 238 Å². The van der Waals surface area contributed by atoms with Crippen molar-refractivity contribution < 1.29 is 33.2 Å². The van der Waals surface area contributed by atoms with Gasteiger partial charge in [0.25, 0.3) is 0 Å². The average Bonchev–Trinajstić information content (AvgIpc) is 3.43. The molecular formula is C28H46BNO7SSi. The third-order valence-corrected chi connectivity index (χ3v) is 15.2. The van der Waals surface area contributed by atoms with Gasteiger partial charge < -0.3 is 28.9 Å². The van der Waals surface area contributed by atoms with Crippen molar-refractivity contribution in [1.29, 1.82) is 0 Å². The second-order valence-electron chi connectivity index (χ2n) is 13.9. The second kappa shape index (κ2) is 11.2. The Kier molecular flexibility index (Phi) is 8.83. The smallest absolute Gasteiger partial charge is 0.481 e. The highest BCUT2D eigenvalue weighted by Gasteiger charge is 2.68. The maximum atomic E-state index is 13.0. The Morgan fingerprint density at radius 3 is 2.56 bits per heavy atom. The molecule has 11 heteroatoms. The Balaban J connectivity index is 1.44. The number of carbonyl (C=O) groups is 2. The summed E-state index contributed by atoms with van der Waals surface area (Å²) in [5.74, 6) is -0.555. The molecule has 2 N–H and O–H groups in total. The number of carbonyl (C=O) groups excluding carboxylic acids is 1. The summed E-state index contributed by atoms with van der Waals surface area (Å²) in [5, 5.41) is 14.5. The van der Waals surface area contributed by atoms with Crippen molar-refractivity contribution in [3.05, 3.63) is 22.4 Å². The van der Waals surface area contributed by atoms with Crippen molar-refractivity contribution in [3.8, 4) is 0 Å². The molecule has 5 rings (SSSR count). The zero-order valence-corrected chi connectivity index (χ0v) is 26.6. The van der Waals surface area contributed by atoms with Crippen LogP contribution in [0, 0.1) is 17.3 Å². The van der Waals surface area contributed by atoms with Gasteiger partial charge in [0, 0.05) is 4.88 Å². The van der Waals surface area contributed by atoms with Crippen LogP contribution in [-0.2, 0) is 34.5 Å². The maximum Gasteiger partial charge on any atom is 0.484 e. The maximum absolute atomic E-state index is 13.0. The predicted octanol–water partition coefficient (Wildman–Crippen LogP) is 4.92. The number of nitrogens with one attached hydrogen (secondary N) is 1. The van der Waals surface area contributed by atoms with E-state index in [0.29, 0.717) is 11.8 Å². The topological polar surface area (TPSA) is 103 Å². The molecule has 1 aliphatic heterocycles. The van der Waals surface area contributed by atoms with Gasteiger partial charge >= 0.3 is 13.1 Å². The van der Waals surface area contributed by atoms with Gasteiger partial charge in [0.1, 0.15) is 0 Å². The summed E-state index contributed by atoms with van der Waals surface area (Å²) in [6, 6.07) is 3.87. The Morgan fingerprint density at radius 1 is 1.26 bits per heavy atom. The Bertz CT molecular complexity index is 1030. The lowest BCUT2D eigenvalue weighted by atomic mass is 9.43. The summed E-state index contributed by atoms with van der Waals surface area (Å²) in [6.45, 7) is 17.6. The van der Waals surface area contributed by atoms with Crippen molar-refractivity contribution >= 4 is 38.6 Å². The molecule has 1 aromatic heterocycles. The molecule has 39 heavy (non-hydrogen) atoms. The van der Waals surface area contributed by atoms with Gasteiger partial charge in [-0.3, -0.25) is 9.59 Å². The number of hydrogen-bond donors (Lipinski definition) is 2. The Morgan fingerprint density at radius 2 is 1.97 bits per heavy atom. The third-order valence-electron chi connectivity index (χ3n) is 9.83. The largest absolute Gasteiger partial charge is 0.484 e. The van der Waals surface area contributed by atoms with Crippen LogP contribution in [0.15, 0.2) is 17.5 Å². The third kappa shape index (κ3) is 6.49. The van der Waals surface area contributed by atoms with E-state index in [0.717, 1.165) is 17.7 Å². The highest BCUT2D eigenvalue weighted by molar-refractivity contribution is 7.10. The zero-order valence-electron chi connectivity index (χ0n) is 24.7. The minimum Gasteiger partial charge on any atom is -0.481 e. The molecule has 1 unspecified atom stereocenters. The molecule has 3 aliphatic carbocycles. The normalized spacial score (nSPS) is 29.3. The van der Waals surface area contributed by atoms with E-state index in [1.807, 2.05) is 17.5 Å². The molecule has 3 saturated carbocycles. The van der Waals surface area contributed by atoms with Crippen LogP contribution in [0.25, 0.3) is 0 Å². The van der Waals surface area contributed by atoms with Crippen molar-refractivity contribution in [1.82, 2.24) is 5.32 Å². The van der Waals surface area contributed by atoms with Gasteiger partial charge in [-0.2, -0.15) is 0 Å². The van der Waals surface area contributed by atoms with Gasteiger partial charge in [0.15, 0.2) is 8.32 Å². The van der Waals surface area contributed by atoms with Crippen LogP contribution >= 0.6 is 11.3 Å². The van der Waals surface area contributed by atoms with E-state index in [9.17, 15) is 14.7 Å². The van der Waals surface area contributed by atoms with Crippen molar-refractivity contribution in [2.75, 3.05) is 13.2 Å². The fourth-order valence-electron chi connectivity index (χ4n) is 6.34. The lowest BCUT2D eigenvalue weighted by Crippen LogP contribution is -2.65.